The number of hydrogen-bond donors (Lipinski definition) is 2. The molecule has 0 saturated carbocycles. The molecule has 1 aromatic rings. The van der Waals surface area contributed by atoms with Crippen LogP contribution < -0.4 is 10.6 Å². The van der Waals surface area contributed by atoms with E-state index < -0.39 is 41.6 Å². The van der Waals surface area contributed by atoms with E-state index in [1.807, 2.05) is 30.3 Å². The third-order valence-corrected chi connectivity index (χ3v) is 4.39. The lowest BCUT2D eigenvalue weighted by molar-refractivity contribution is -0.149. The van der Waals surface area contributed by atoms with Crippen LogP contribution in [0.25, 0.3) is 0 Å². The van der Waals surface area contributed by atoms with Crippen molar-refractivity contribution in [1.29, 1.82) is 0 Å². The van der Waals surface area contributed by atoms with E-state index in [9.17, 15) is 19.2 Å². The zero-order valence-corrected chi connectivity index (χ0v) is 20.3. The van der Waals surface area contributed by atoms with E-state index in [1.54, 1.807) is 41.5 Å². The first-order valence-corrected chi connectivity index (χ1v) is 11.1. The van der Waals surface area contributed by atoms with Gasteiger partial charge in [-0.05, 0) is 45.6 Å². The van der Waals surface area contributed by atoms with Gasteiger partial charge in [0.25, 0.3) is 0 Å². The van der Waals surface area contributed by atoms with Gasteiger partial charge in [-0.1, -0.05) is 44.2 Å². The van der Waals surface area contributed by atoms with Gasteiger partial charge in [0, 0.05) is 6.42 Å². The summed E-state index contributed by atoms with van der Waals surface area (Å²) in [5.41, 5.74) is 0.115. The molecule has 1 aromatic carbocycles. The molecule has 0 unspecified atom stereocenters. The van der Waals surface area contributed by atoms with Crippen LogP contribution in [0.1, 0.15) is 59.9 Å². The van der Waals surface area contributed by atoms with Gasteiger partial charge in [-0.3, -0.25) is 9.59 Å². The fourth-order valence-electron chi connectivity index (χ4n) is 2.80. The Morgan fingerprint density at radius 1 is 0.970 bits per heavy atom. The van der Waals surface area contributed by atoms with Gasteiger partial charge in [-0.25, -0.2) is 9.59 Å². The number of carbonyl (C=O) groups excluding carboxylic acids is 4. The molecule has 2 amide bonds. The van der Waals surface area contributed by atoms with Crippen LogP contribution in [0.3, 0.4) is 0 Å². The van der Waals surface area contributed by atoms with Crippen LogP contribution in [0.2, 0.25) is 0 Å². The molecule has 0 radical (unpaired) electrons. The standard InChI is InChI=1S/C24H36N2O7/c1-7-31-22(29)18(13-14-19(27)32-15-17-11-9-8-10-12-17)25-21(28)20(16(2)3)26-23(30)33-24(4,5)6/h8-12,16,18,20H,7,13-15H2,1-6H3,(H,25,28)(H,26,30)/t18-,20+/m1/s1. The highest BCUT2D eigenvalue weighted by Crippen LogP contribution is 2.11. The van der Waals surface area contributed by atoms with E-state index in [1.165, 1.54) is 0 Å². The van der Waals surface area contributed by atoms with Crippen molar-refractivity contribution < 1.29 is 33.4 Å². The lowest BCUT2D eigenvalue weighted by Crippen LogP contribution is -2.54. The quantitative estimate of drug-likeness (QED) is 0.381. The highest BCUT2D eigenvalue weighted by atomic mass is 16.6. The SMILES string of the molecule is CCOC(=O)[C@@H](CCC(=O)OCc1ccccc1)NC(=O)[C@@H](NC(=O)OC(C)(C)C)C(C)C. The number of esters is 2. The molecule has 0 fully saturated rings. The molecule has 1 rings (SSSR count). The van der Waals surface area contributed by atoms with E-state index in [2.05, 4.69) is 10.6 Å². The van der Waals surface area contributed by atoms with E-state index >= 15 is 0 Å². The number of ether oxygens (including phenoxy) is 3. The van der Waals surface area contributed by atoms with Crippen molar-refractivity contribution in [2.24, 2.45) is 5.92 Å². The number of carbonyl (C=O) groups is 4. The first-order valence-electron chi connectivity index (χ1n) is 11.1. The molecule has 2 N–H and O–H groups in total. The Balaban J connectivity index is 2.74. The summed E-state index contributed by atoms with van der Waals surface area (Å²) in [7, 11) is 0. The summed E-state index contributed by atoms with van der Waals surface area (Å²) in [5, 5.41) is 5.12. The summed E-state index contributed by atoms with van der Waals surface area (Å²) < 4.78 is 15.5. The molecule has 0 aliphatic rings. The van der Waals surface area contributed by atoms with Crippen LogP contribution in [-0.4, -0.2) is 48.2 Å². The van der Waals surface area contributed by atoms with Crippen LogP contribution >= 0.6 is 0 Å². The maximum Gasteiger partial charge on any atom is 0.408 e. The average Bonchev–Trinajstić information content (AvgIpc) is 2.72. The first kappa shape index (κ1) is 27.9. The van der Waals surface area contributed by atoms with Gasteiger partial charge in [0.1, 0.15) is 24.3 Å². The van der Waals surface area contributed by atoms with Crippen LogP contribution in [0, 0.1) is 5.92 Å². The summed E-state index contributed by atoms with van der Waals surface area (Å²) in [5.74, 6) is -2.03. The van der Waals surface area contributed by atoms with Crippen molar-refractivity contribution in [3.8, 4) is 0 Å². The summed E-state index contributed by atoms with van der Waals surface area (Å²) in [6.07, 6.45) is -0.841. The fourth-order valence-corrected chi connectivity index (χ4v) is 2.80. The lowest BCUT2D eigenvalue weighted by atomic mass is 10.0. The maximum absolute atomic E-state index is 12.9. The van der Waals surface area contributed by atoms with Crippen LogP contribution in [-0.2, 0) is 35.2 Å². The molecule has 0 aromatic heterocycles. The van der Waals surface area contributed by atoms with E-state index in [0.717, 1.165) is 5.56 Å². The molecule has 0 heterocycles. The third-order valence-electron chi connectivity index (χ3n) is 4.39. The first-order chi connectivity index (χ1) is 15.4. The Kier molecular flexibility index (Phi) is 11.4. The van der Waals surface area contributed by atoms with Gasteiger partial charge in [0.2, 0.25) is 5.91 Å². The minimum absolute atomic E-state index is 0.00451. The van der Waals surface area contributed by atoms with Gasteiger partial charge < -0.3 is 24.8 Å². The highest BCUT2D eigenvalue weighted by Gasteiger charge is 2.31. The van der Waals surface area contributed by atoms with Crippen molar-refractivity contribution in [1.82, 2.24) is 10.6 Å². The molecule has 0 bridgehead atoms. The second-order valence-corrected chi connectivity index (χ2v) is 8.87. The Hall–Kier alpha value is -3.10. The monoisotopic (exact) mass is 464 g/mol. The maximum atomic E-state index is 12.9. The normalized spacial score (nSPS) is 12.9. The number of rotatable bonds is 11. The molecular formula is C24H36N2O7. The molecule has 9 nitrogen and oxygen atoms in total. The van der Waals surface area contributed by atoms with Crippen molar-refractivity contribution >= 4 is 23.9 Å². The number of amides is 2. The molecule has 33 heavy (non-hydrogen) atoms. The topological polar surface area (TPSA) is 120 Å². The minimum Gasteiger partial charge on any atom is -0.464 e. The van der Waals surface area contributed by atoms with Crippen LogP contribution in [0.4, 0.5) is 4.79 Å². The molecule has 0 saturated heterocycles. The molecule has 184 valence electrons. The molecular weight excluding hydrogens is 428 g/mol. The number of hydrogen-bond acceptors (Lipinski definition) is 7. The van der Waals surface area contributed by atoms with E-state index in [0.29, 0.717) is 0 Å². The van der Waals surface area contributed by atoms with Gasteiger partial charge in [0.05, 0.1) is 6.61 Å². The number of benzene rings is 1. The van der Waals surface area contributed by atoms with Gasteiger partial charge in [-0.2, -0.15) is 0 Å². The average molecular weight is 465 g/mol. The largest absolute Gasteiger partial charge is 0.464 e. The van der Waals surface area contributed by atoms with Crippen LogP contribution in [0.5, 0.6) is 0 Å². The second kappa shape index (κ2) is 13.4. The number of alkyl carbamates (subject to hydrolysis) is 1. The van der Waals surface area contributed by atoms with Crippen molar-refractivity contribution in [3.05, 3.63) is 35.9 Å². The van der Waals surface area contributed by atoms with Crippen LogP contribution in [0.15, 0.2) is 30.3 Å². The summed E-state index contributed by atoms with van der Waals surface area (Å²) in [6.45, 7) is 10.5. The Morgan fingerprint density at radius 3 is 2.15 bits per heavy atom. The summed E-state index contributed by atoms with van der Waals surface area (Å²) >= 11 is 0. The third kappa shape index (κ3) is 11.4. The zero-order valence-electron chi connectivity index (χ0n) is 20.3. The van der Waals surface area contributed by atoms with Crippen molar-refractivity contribution in [3.63, 3.8) is 0 Å². The molecule has 0 spiro atoms. The van der Waals surface area contributed by atoms with Gasteiger partial charge >= 0.3 is 18.0 Å². The van der Waals surface area contributed by atoms with E-state index in [-0.39, 0.29) is 32.0 Å². The molecule has 2 atom stereocenters. The predicted molar refractivity (Wildman–Crippen MR) is 122 cm³/mol. The Bertz CT molecular complexity index is 788. The fraction of sp³-hybridized carbons (Fsp3) is 0.583. The minimum atomic E-state index is -1.07. The smallest absolute Gasteiger partial charge is 0.408 e. The summed E-state index contributed by atoms with van der Waals surface area (Å²) in [4.78, 5) is 49.5. The molecule has 9 heteroatoms. The highest BCUT2D eigenvalue weighted by molar-refractivity contribution is 5.90. The molecule has 0 aliphatic heterocycles. The second-order valence-electron chi connectivity index (χ2n) is 8.87. The Morgan fingerprint density at radius 2 is 1.61 bits per heavy atom. The van der Waals surface area contributed by atoms with Crippen molar-refractivity contribution in [2.45, 2.75) is 78.7 Å². The van der Waals surface area contributed by atoms with E-state index in [4.69, 9.17) is 14.2 Å². The zero-order chi connectivity index (χ0) is 25.0. The van der Waals surface area contributed by atoms with Crippen molar-refractivity contribution in [2.75, 3.05) is 6.61 Å². The number of nitrogens with one attached hydrogen (secondary N) is 2. The van der Waals surface area contributed by atoms with Gasteiger partial charge in [0.15, 0.2) is 0 Å². The van der Waals surface area contributed by atoms with Gasteiger partial charge in [-0.15, -0.1) is 0 Å². The predicted octanol–water partition coefficient (Wildman–Crippen LogP) is 3.11. The molecule has 0 aliphatic carbocycles. The Labute approximate surface area is 195 Å². The lowest BCUT2D eigenvalue weighted by Gasteiger charge is -2.26. The summed E-state index contributed by atoms with van der Waals surface area (Å²) in [6, 6.07) is 7.19.